The molecular weight excluding hydrogens is 680 g/mol. The molecule has 0 saturated heterocycles. The van der Waals surface area contributed by atoms with Crippen molar-refractivity contribution in [2.45, 2.75) is 196 Å². The van der Waals surface area contributed by atoms with Gasteiger partial charge in [0.05, 0.1) is 37.6 Å². The van der Waals surface area contributed by atoms with Gasteiger partial charge in [-0.25, -0.2) is 9.59 Å². The van der Waals surface area contributed by atoms with Crippen LogP contribution in [0.25, 0.3) is 0 Å². The Bertz CT molecular complexity index is 988. The van der Waals surface area contributed by atoms with Gasteiger partial charge < -0.3 is 18.9 Å². The summed E-state index contributed by atoms with van der Waals surface area (Å²) in [6.45, 7) is 14.9. The molecule has 2 atom stereocenters. The van der Waals surface area contributed by atoms with E-state index < -0.39 is 11.9 Å². The first-order valence-corrected chi connectivity index (χ1v) is 22.0. The maximum absolute atomic E-state index is 12.4. The molecular formula is C46H80O8. The Morgan fingerprint density at radius 3 is 1.15 bits per heavy atom. The predicted octanol–water partition coefficient (Wildman–Crippen LogP) is 12.8. The van der Waals surface area contributed by atoms with Gasteiger partial charge in [-0.05, 0) is 62.5 Å². The van der Waals surface area contributed by atoms with Gasteiger partial charge in [-0.15, -0.1) is 0 Å². The van der Waals surface area contributed by atoms with E-state index in [0.717, 1.165) is 51.4 Å². The van der Waals surface area contributed by atoms with Gasteiger partial charge in [0.1, 0.15) is 0 Å². The van der Waals surface area contributed by atoms with E-state index in [1.165, 1.54) is 77.0 Å². The fourth-order valence-corrected chi connectivity index (χ4v) is 5.99. The fraction of sp³-hybridized carbons (Fsp3) is 0.783. The largest absolute Gasteiger partial charge is 0.465 e. The molecule has 1 rings (SSSR count). The monoisotopic (exact) mass is 761 g/mol. The van der Waals surface area contributed by atoms with Gasteiger partial charge in [0.15, 0.2) is 0 Å². The maximum atomic E-state index is 12.4. The van der Waals surface area contributed by atoms with Crippen LogP contribution in [0.1, 0.15) is 216 Å². The second kappa shape index (κ2) is 37.0. The van der Waals surface area contributed by atoms with Crippen LogP contribution in [-0.2, 0) is 28.5 Å². The highest BCUT2D eigenvalue weighted by Gasteiger charge is 2.19. The minimum Gasteiger partial charge on any atom is -0.465 e. The topological polar surface area (TPSA) is 105 Å². The number of benzene rings is 1. The molecule has 0 amide bonds. The summed E-state index contributed by atoms with van der Waals surface area (Å²) < 4.78 is 21.5. The molecule has 0 heterocycles. The molecule has 0 aliphatic carbocycles. The lowest BCUT2D eigenvalue weighted by atomic mass is 10.0. The minimum absolute atomic E-state index is 0.140. The van der Waals surface area contributed by atoms with Crippen molar-refractivity contribution in [2.24, 2.45) is 11.8 Å². The smallest absolute Gasteiger partial charge is 0.339 e. The van der Waals surface area contributed by atoms with Crippen molar-refractivity contribution < 1.29 is 38.1 Å². The SMILES string of the molecule is CCCCC(CC)COC(=O)CCCCC(=O)OCC(CC)CCCC.CCCCCCCCOC(=O)c1ccccc1C(=O)OCCCCCCCC. The summed E-state index contributed by atoms with van der Waals surface area (Å²) in [4.78, 5) is 48.3. The summed E-state index contributed by atoms with van der Waals surface area (Å²) in [5.74, 6) is -0.208. The molecule has 0 spiro atoms. The standard InChI is InChI=1S/C24H38O4.C22H42O4/c1-3-5-7-9-11-15-19-27-23(25)21-17-13-14-18-22(21)24(26)28-20-16-12-10-8-6-4-2;1-5-9-13-19(7-3)17-25-21(23)15-11-12-16-22(24)26-18-20(8-4)14-10-6-2/h13-14,17-18H,3-12,15-16,19-20H2,1-2H3;19-20H,5-18H2,1-4H3. The van der Waals surface area contributed by atoms with Crippen molar-refractivity contribution in [2.75, 3.05) is 26.4 Å². The van der Waals surface area contributed by atoms with Crippen molar-refractivity contribution >= 4 is 23.9 Å². The zero-order chi connectivity index (χ0) is 40.1. The van der Waals surface area contributed by atoms with E-state index in [0.29, 0.717) is 75.1 Å². The molecule has 2 unspecified atom stereocenters. The molecule has 1 aromatic rings. The molecule has 0 radical (unpaired) electrons. The van der Waals surface area contributed by atoms with Crippen LogP contribution < -0.4 is 0 Å². The van der Waals surface area contributed by atoms with Gasteiger partial charge >= 0.3 is 23.9 Å². The molecule has 0 N–H and O–H groups in total. The summed E-state index contributed by atoms with van der Waals surface area (Å²) in [7, 11) is 0. The number of hydrogen-bond donors (Lipinski definition) is 0. The normalized spacial score (nSPS) is 11.9. The Morgan fingerprint density at radius 2 is 0.796 bits per heavy atom. The lowest BCUT2D eigenvalue weighted by molar-refractivity contribution is -0.147. The molecule has 54 heavy (non-hydrogen) atoms. The van der Waals surface area contributed by atoms with E-state index in [1.807, 2.05) is 0 Å². The second-order valence-electron chi connectivity index (χ2n) is 14.8. The molecule has 0 fully saturated rings. The Hall–Kier alpha value is -2.90. The third-order valence-electron chi connectivity index (χ3n) is 9.89. The Kier molecular flexibility index (Phi) is 35.1. The van der Waals surface area contributed by atoms with Crippen molar-refractivity contribution in [3.8, 4) is 0 Å². The molecule has 0 aliphatic heterocycles. The lowest BCUT2D eigenvalue weighted by Crippen LogP contribution is -2.15. The van der Waals surface area contributed by atoms with Crippen molar-refractivity contribution in [3.05, 3.63) is 35.4 Å². The molecule has 0 bridgehead atoms. The van der Waals surface area contributed by atoms with E-state index >= 15 is 0 Å². The summed E-state index contributed by atoms with van der Waals surface area (Å²) in [6, 6.07) is 6.74. The summed E-state index contributed by atoms with van der Waals surface area (Å²) in [5, 5.41) is 0. The third kappa shape index (κ3) is 28.5. The number of hydrogen-bond acceptors (Lipinski definition) is 8. The number of ether oxygens (including phenoxy) is 4. The predicted molar refractivity (Wildman–Crippen MR) is 221 cm³/mol. The van der Waals surface area contributed by atoms with Gasteiger partial charge in [-0.2, -0.15) is 0 Å². The molecule has 0 aromatic heterocycles. The highest BCUT2D eigenvalue weighted by atomic mass is 16.5. The van der Waals surface area contributed by atoms with Gasteiger partial charge in [0.2, 0.25) is 0 Å². The Balaban J connectivity index is 0.00000104. The molecule has 312 valence electrons. The second-order valence-corrected chi connectivity index (χ2v) is 14.8. The highest BCUT2D eigenvalue weighted by Crippen LogP contribution is 2.16. The van der Waals surface area contributed by atoms with Crippen LogP contribution in [0.15, 0.2) is 24.3 Å². The zero-order valence-corrected chi connectivity index (χ0v) is 35.5. The number of unbranched alkanes of at least 4 members (excludes halogenated alkanes) is 13. The van der Waals surface area contributed by atoms with Gasteiger partial charge in [0.25, 0.3) is 0 Å². The van der Waals surface area contributed by atoms with Crippen LogP contribution >= 0.6 is 0 Å². The first kappa shape index (κ1) is 51.1. The average molecular weight is 761 g/mol. The number of esters is 4. The summed E-state index contributed by atoms with van der Waals surface area (Å²) in [5.41, 5.74) is 0.586. The molecule has 8 heteroatoms. The number of rotatable bonds is 33. The minimum atomic E-state index is -0.444. The highest BCUT2D eigenvalue weighted by molar-refractivity contribution is 6.03. The van der Waals surface area contributed by atoms with E-state index in [9.17, 15) is 19.2 Å². The van der Waals surface area contributed by atoms with E-state index in [4.69, 9.17) is 18.9 Å². The van der Waals surface area contributed by atoms with Crippen molar-refractivity contribution in [1.29, 1.82) is 0 Å². The van der Waals surface area contributed by atoms with Gasteiger partial charge in [0, 0.05) is 12.8 Å². The molecule has 1 aromatic carbocycles. The van der Waals surface area contributed by atoms with E-state index in [1.54, 1.807) is 24.3 Å². The fourth-order valence-electron chi connectivity index (χ4n) is 5.99. The number of carbonyl (C=O) groups is 4. The summed E-state index contributed by atoms with van der Waals surface area (Å²) in [6.07, 6.45) is 24.9. The number of carbonyl (C=O) groups excluding carboxylic acids is 4. The Labute approximate surface area is 330 Å². The quantitative estimate of drug-likeness (QED) is 0.0396. The molecule has 8 nitrogen and oxygen atoms in total. The van der Waals surface area contributed by atoms with Crippen molar-refractivity contribution in [1.82, 2.24) is 0 Å². The molecule has 0 saturated carbocycles. The van der Waals surface area contributed by atoms with Crippen LogP contribution in [0.3, 0.4) is 0 Å². The van der Waals surface area contributed by atoms with Crippen LogP contribution in [-0.4, -0.2) is 50.3 Å². The first-order chi connectivity index (χ1) is 26.3. The third-order valence-corrected chi connectivity index (χ3v) is 9.89. The van der Waals surface area contributed by atoms with Gasteiger partial charge in [-0.1, -0.05) is 156 Å². The van der Waals surface area contributed by atoms with E-state index in [2.05, 4.69) is 41.5 Å². The van der Waals surface area contributed by atoms with Crippen LogP contribution in [0.5, 0.6) is 0 Å². The Morgan fingerprint density at radius 1 is 0.444 bits per heavy atom. The summed E-state index contributed by atoms with van der Waals surface area (Å²) >= 11 is 0. The van der Waals surface area contributed by atoms with Crippen molar-refractivity contribution in [3.63, 3.8) is 0 Å². The average Bonchev–Trinajstić information content (AvgIpc) is 3.19. The van der Waals surface area contributed by atoms with Gasteiger partial charge in [-0.3, -0.25) is 9.59 Å². The van der Waals surface area contributed by atoms with E-state index in [-0.39, 0.29) is 11.9 Å². The van der Waals surface area contributed by atoms with Crippen LogP contribution in [0.4, 0.5) is 0 Å². The first-order valence-electron chi connectivity index (χ1n) is 22.0. The maximum Gasteiger partial charge on any atom is 0.339 e. The molecule has 0 aliphatic rings. The zero-order valence-electron chi connectivity index (χ0n) is 35.5. The van der Waals surface area contributed by atoms with Crippen LogP contribution in [0.2, 0.25) is 0 Å². The van der Waals surface area contributed by atoms with Crippen LogP contribution in [0, 0.1) is 11.8 Å². The lowest BCUT2D eigenvalue weighted by Gasteiger charge is -2.15.